The Balaban J connectivity index is 1.56. The molecule has 12 heteroatoms. The first-order valence-electron chi connectivity index (χ1n) is 9.92. The summed E-state index contributed by atoms with van der Waals surface area (Å²) < 4.78 is 69.6. The number of hydrogen-bond acceptors (Lipinski definition) is 5. The molecule has 0 amide bonds. The molecule has 0 saturated carbocycles. The monoisotopic (exact) mass is 496 g/mol. The second-order valence-corrected chi connectivity index (χ2v) is 8.61. The molecule has 0 aliphatic rings. The molecule has 0 bridgehead atoms. The lowest BCUT2D eigenvalue weighted by Crippen LogP contribution is -2.13. The number of hydrogen-bond donors (Lipinski definition) is 2. The lowest BCUT2D eigenvalue weighted by Gasteiger charge is -2.11. The van der Waals surface area contributed by atoms with Gasteiger partial charge in [-0.2, -0.15) is 13.2 Å². The van der Waals surface area contributed by atoms with Crippen molar-refractivity contribution in [3.05, 3.63) is 63.9 Å². The van der Waals surface area contributed by atoms with Crippen LogP contribution < -0.4 is 5.32 Å². The van der Waals surface area contributed by atoms with Crippen LogP contribution in [-0.4, -0.2) is 32.2 Å². The summed E-state index contributed by atoms with van der Waals surface area (Å²) in [6.45, 7) is 3.97. The average Bonchev–Trinajstić information content (AvgIpc) is 3.35. The molecule has 4 aromatic rings. The maximum absolute atomic E-state index is 14.5. The third-order valence-corrected chi connectivity index (χ3v) is 6.43. The van der Waals surface area contributed by atoms with Gasteiger partial charge >= 0.3 is 12.1 Å². The summed E-state index contributed by atoms with van der Waals surface area (Å²) in [4.78, 5) is 18.4. The maximum Gasteiger partial charge on any atom is 0.418 e. The number of fused-ring (bicyclic) bond motifs is 1. The number of thiophene rings is 1. The molecular formula is C22H17F5N4O2S. The Bertz CT molecular complexity index is 1410. The number of halogens is 5. The number of carboxylic acids is 1. The molecule has 6 nitrogen and oxygen atoms in total. The Hall–Kier alpha value is -3.54. The van der Waals surface area contributed by atoms with Crippen LogP contribution in [0.3, 0.4) is 0 Å². The number of nitrogens with one attached hydrogen (secondary N) is 1. The number of benzene rings is 1. The maximum atomic E-state index is 14.5. The molecule has 4 rings (SSSR count). The summed E-state index contributed by atoms with van der Waals surface area (Å²) in [5.41, 5.74) is 0.366. The smallest absolute Gasteiger partial charge is 0.418 e. The van der Waals surface area contributed by atoms with E-state index in [4.69, 9.17) is 5.11 Å². The number of aromatic nitrogens is 3. The van der Waals surface area contributed by atoms with E-state index in [-0.39, 0.29) is 35.0 Å². The highest BCUT2D eigenvalue weighted by molar-refractivity contribution is 7.17. The van der Waals surface area contributed by atoms with Crippen molar-refractivity contribution in [2.24, 2.45) is 0 Å². The van der Waals surface area contributed by atoms with Crippen molar-refractivity contribution in [3.8, 4) is 10.6 Å². The largest absolute Gasteiger partial charge is 0.477 e. The summed E-state index contributed by atoms with van der Waals surface area (Å²) in [7, 11) is 0. The van der Waals surface area contributed by atoms with Crippen molar-refractivity contribution in [2.45, 2.75) is 26.6 Å². The standard InChI is InChI=1S/C22H17F5N4O2S/c1-10-5-14(23)18(24)19-12(10)6-11(2)31(19)4-3-28-17-8-15(29-9-30-17)16-7-13(22(25,26)27)20(34-16)21(32)33/h5-9H,3-4H2,1-2H3,(H,32,33)(H,28,29,30). The van der Waals surface area contributed by atoms with Gasteiger partial charge in [-0.1, -0.05) is 0 Å². The number of alkyl halides is 3. The SMILES string of the molecule is Cc1cc(F)c(F)c2c1cc(C)n2CCNc1cc(-c2cc(C(F)(F)F)c(C(=O)O)s2)ncn1. The molecule has 3 heterocycles. The molecule has 0 atom stereocenters. The third-order valence-electron chi connectivity index (χ3n) is 5.28. The predicted octanol–water partition coefficient (Wildman–Crippen LogP) is 5.88. The van der Waals surface area contributed by atoms with Crippen molar-refractivity contribution >= 4 is 34.0 Å². The van der Waals surface area contributed by atoms with Crippen LogP contribution in [0.25, 0.3) is 21.5 Å². The molecule has 0 aliphatic heterocycles. The minimum Gasteiger partial charge on any atom is -0.477 e. The summed E-state index contributed by atoms with van der Waals surface area (Å²) in [6.07, 6.45) is -3.68. The first-order chi connectivity index (χ1) is 16.0. The van der Waals surface area contributed by atoms with E-state index in [2.05, 4.69) is 15.3 Å². The highest BCUT2D eigenvalue weighted by atomic mass is 32.1. The molecule has 34 heavy (non-hydrogen) atoms. The molecular weight excluding hydrogens is 479 g/mol. The second kappa shape index (κ2) is 8.67. The molecule has 3 aromatic heterocycles. The zero-order valence-electron chi connectivity index (χ0n) is 17.8. The summed E-state index contributed by atoms with van der Waals surface area (Å²) in [5.74, 6) is -3.27. The number of aromatic carboxylic acids is 1. The number of carbonyl (C=O) groups is 1. The fourth-order valence-electron chi connectivity index (χ4n) is 3.72. The molecule has 178 valence electrons. The van der Waals surface area contributed by atoms with E-state index in [9.17, 15) is 26.7 Å². The van der Waals surface area contributed by atoms with E-state index < -0.39 is 34.2 Å². The minimum atomic E-state index is -4.82. The van der Waals surface area contributed by atoms with Crippen molar-refractivity contribution in [2.75, 3.05) is 11.9 Å². The van der Waals surface area contributed by atoms with Gasteiger partial charge in [-0.05, 0) is 37.6 Å². The summed E-state index contributed by atoms with van der Waals surface area (Å²) >= 11 is 0.467. The minimum absolute atomic E-state index is 0.0236. The molecule has 0 saturated heterocycles. The van der Waals surface area contributed by atoms with E-state index >= 15 is 0 Å². The Morgan fingerprint density at radius 3 is 2.53 bits per heavy atom. The lowest BCUT2D eigenvalue weighted by molar-refractivity contribution is -0.137. The van der Waals surface area contributed by atoms with E-state index in [0.29, 0.717) is 22.3 Å². The van der Waals surface area contributed by atoms with Crippen LogP contribution in [0.1, 0.15) is 26.5 Å². The third kappa shape index (κ3) is 4.32. The van der Waals surface area contributed by atoms with Crippen LogP contribution in [0, 0.1) is 25.5 Å². The number of rotatable bonds is 6. The van der Waals surface area contributed by atoms with E-state index in [0.717, 1.165) is 24.2 Å². The number of anilines is 1. The average molecular weight is 496 g/mol. The highest BCUT2D eigenvalue weighted by Gasteiger charge is 2.37. The van der Waals surface area contributed by atoms with E-state index in [1.165, 1.54) is 6.07 Å². The molecule has 1 aromatic carbocycles. The Kier molecular flexibility index (Phi) is 6.02. The molecule has 0 spiro atoms. The van der Waals surface area contributed by atoms with Crippen molar-refractivity contribution in [3.63, 3.8) is 0 Å². The van der Waals surface area contributed by atoms with Gasteiger partial charge in [0.2, 0.25) is 0 Å². The van der Waals surface area contributed by atoms with Crippen LogP contribution in [0.15, 0.2) is 30.6 Å². The van der Waals surface area contributed by atoms with Gasteiger partial charge in [0.1, 0.15) is 17.0 Å². The zero-order valence-corrected chi connectivity index (χ0v) is 18.6. The fraction of sp³-hybridized carbons (Fsp3) is 0.227. The van der Waals surface area contributed by atoms with Gasteiger partial charge < -0.3 is 15.0 Å². The summed E-state index contributed by atoms with van der Waals surface area (Å²) in [5, 5.41) is 12.7. The fourth-order valence-corrected chi connectivity index (χ4v) is 4.70. The quantitative estimate of drug-likeness (QED) is 0.326. The van der Waals surface area contributed by atoms with Gasteiger partial charge in [0.05, 0.1) is 21.7 Å². The van der Waals surface area contributed by atoms with Gasteiger partial charge in [-0.3, -0.25) is 0 Å². The van der Waals surface area contributed by atoms with Gasteiger partial charge in [0.15, 0.2) is 11.6 Å². The lowest BCUT2D eigenvalue weighted by atomic mass is 10.1. The molecule has 0 unspecified atom stereocenters. The van der Waals surface area contributed by atoms with Gasteiger partial charge in [-0.25, -0.2) is 23.5 Å². The van der Waals surface area contributed by atoms with Crippen LogP contribution >= 0.6 is 11.3 Å². The molecule has 0 aliphatic carbocycles. The summed E-state index contributed by atoms with van der Waals surface area (Å²) in [6, 6.07) is 5.05. The number of nitrogens with zero attached hydrogens (tertiary/aromatic N) is 3. The van der Waals surface area contributed by atoms with E-state index in [1.807, 2.05) is 0 Å². The van der Waals surface area contributed by atoms with Crippen molar-refractivity contribution in [1.29, 1.82) is 0 Å². The van der Waals surface area contributed by atoms with Crippen LogP contribution in [0.4, 0.5) is 27.8 Å². The van der Waals surface area contributed by atoms with Crippen molar-refractivity contribution < 1.29 is 31.9 Å². The highest BCUT2D eigenvalue weighted by Crippen LogP contribution is 2.40. The van der Waals surface area contributed by atoms with Crippen LogP contribution in [0.5, 0.6) is 0 Å². The first kappa shape index (κ1) is 23.6. The normalized spacial score (nSPS) is 11.9. The van der Waals surface area contributed by atoms with Crippen LogP contribution in [0.2, 0.25) is 0 Å². The van der Waals surface area contributed by atoms with Gasteiger partial charge in [0, 0.05) is 30.2 Å². The Labute approximate surface area is 193 Å². The van der Waals surface area contributed by atoms with E-state index in [1.54, 1.807) is 24.5 Å². The predicted molar refractivity (Wildman–Crippen MR) is 117 cm³/mol. The Morgan fingerprint density at radius 2 is 1.88 bits per heavy atom. The van der Waals surface area contributed by atoms with Crippen molar-refractivity contribution in [1.82, 2.24) is 14.5 Å². The molecule has 0 fully saturated rings. The molecule has 0 radical (unpaired) electrons. The topological polar surface area (TPSA) is 80.0 Å². The number of carboxylic acid groups (broad SMARTS) is 1. The van der Waals surface area contributed by atoms with Gasteiger partial charge in [0.25, 0.3) is 0 Å². The zero-order chi connectivity index (χ0) is 24.8. The molecule has 2 N–H and O–H groups in total. The van der Waals surface area contributed by atoms with Gasteiger partial charge in [-0.15, -0.1) is 11.3 Å². The first-order valence-corrected chi connectivity index (χ1v) is 10.7. The Morgan fingerprint density at radius 1 is 1.15 bits per heavy atom. The van der Waals surface area contributed by atoms with Crippen LogP contribution in [-0.2, 0) is 12.7 Å². The second-order valence-electron chi connectivity index (χ2n) is 7.56. The number of aryl methyl sites for hydroxylation is 2.